The summed E-state index contributed by atoms with van der Waals surface area (Å²) in [5.74, 6) is 0.126. The number of carbonyl (C=O) groups is 1. The summed E-state index contributed by atoms with van der Waals surface area (Å²) in [6.07, 6.45) is 0. The van der Waals surface area contributed by atoms with E-state index >= 15 is 0 Å². The second-order valence-electron chi connectivity index (χ2n) is 2.74. The van der Waals surface area contributed by atoms with Gasteiger partial charge in [-0.15, -0.1) is 0 Å². The Balaban J connectivity index is 0.000000791. The fourth-order valence-corrected chi connectivity index (χ4v) is 1.21. The molecule has 0 aliphatic rings. The Morgan fingerprint density at radius 2 is 1.86 bits per heavy atom. The van der Waals surface area contributed by atoms with E-state index in [0.717, 1.165) is 17.7 Å². The first-order valence-electron chi connectivity index (χ1n) is 4.99. The van der Waals surface area contributed by atoms with Gasteiger partial charge in [-0.3, -0.25) is 4.79 Å². The Hall–Kier alpha value is -1.15. The molecular formula is C12H19NO. The van der Waals surface area contributed by atoms with E-state index in [4.69, 9.17) is 0 Å². The Morgan fingerprint density at radius 3 is 2.36 bits per heavy atom. The molecule has 2 nitrogen and oxygen atoms in total. The van der Waals surface area contributed by atoms with Crippen LogP contribution in [0, 0.1) is 0 Å². The predicted molar refractivity (Wildman–Crippen MR) is 60.6 cm³/mol. The SMILES string of the molecule is CC.CNCc1ccccc1C(C)=O. The molecule has 0 aliphatic carbocycles. The van der Waals surface area contributed by atoms with Gasteiger partial charge < -0.3 is 5.32 Å². The van der Waals surface area contributed by atoms with Crippen LogP contribution in [0.15, 0.2) is 24.3 Å². The average Bonchev–Trinajstić information content (AvgIpc) is 2.22. The molecule has 2 heteroatoms. The number of rotatable bonds is 3. The van der Waals surface area contributed by atoms with E-state index in [-0.39, 0.29) is 5.78 Å². The van der Waals surface area contributed by atoms with Crippen LogP contribution in [0.4, 0.5) is 0 Å². The minimum absolute atomic E-state index is 0.126. The van der Waals surface area contributed by atoms with E-state index in [0.29, 0.717) is 0 Å². The third kappa shape index (κ3) is 3.71. The zero-order chi connectivity index (χ0) is 11.0. The van der Waals surface area contributed by atoms with Gasteiger partial charge in [-0.25, -0.2) is 0 Å². The number of carbonyl (C=O) groups excluding carboxylic acids is 1. The van der Waals surface area contributed by atoms with Crippen molar-refractivity contribution in [3.63, 3.8) is 0 Å². The second-order valence-corrected chi connectivity index (χ2v) is 2.74. The molecule has 0 atom stereocenters. The maximum absolute atomic E-state index is 11.1. The number of hydrogen-bond donors (Lipinski definition) is 1. The highest BCUT2D eigenvalue weighted by Crippen LogP contribution is 2.08. The summed E-state index contributed by atoms with van der Waals surface area (Å²) < 4.78 is 0. The van der Waals surface area contributed by atoms with Crippen LogP contribution >= 0.6 is 0 Å². The van der Waals surface area contributed by atoms with Crippen LogP contribution < -0.4 is 5.32 Å². The maximum atomic E-state index is 11.1. The highest BCUT2D eigenvalue weighted by Gasteiger charge is 2.03. The molecule has 1 aromatic rings. The molecule has 0 saturated heterocycles. The van der Waals surface area contributed by atoms with E-state index in [1.807, 2.05) is 45.2 Å². The van der Waals surface area contributed by atoms with Crippen molar-refractivity contribution in [2.45, 2.75) is 27.3 Å². The van der Waals surface area contributed by atoms with Crippen LogP contribution in [0.25, 0.3) is 0 Å². The number of ketones is 1. The normalized spacial score (nSPS) is 8.86. The largest absolute Gasteiger partial charge is 0.316 e. The molecule has 0 bridgehead atoms. The smallest absolute Gasteiger partial charge is 0.160 e. The van der Waals surface area contributed by atoms with Crippen molar-refractivity contribution in [3.05, 3.63) is 35.4 Å². The summed E-state index contributed by atoms with van der Waals surface area (Å²) in [5, 5.41) is 3.03. The van der Waals surface area contributed by atoms with E-state index in [1.54, 1.807) is 6.92 Å². The van der Waals surface area contributed by atoms with Crippen molar-refractivity contribution < 1.29 is 4.79 Å². The first-order valence-corrected chi connectivity index (χ1v) is 4.99. The minimum Gasteiger partial charge on any atom is -0.316 e. The van der Waals surface area contributed by atoms with E-state index in [2.05, 4.69) is 5.32 Å². The molecule has 1 N–H and O–H groups in total. The summed E-state index contributed by atoms with van der Waals surface area (Å²) >= 11 is 0. The fourth-order valence-electron chi connectivity index (χ4n) is 1.21. The zero-order valence-corrected chi connectivity index (χ0v) is 9.42. The Labute approximate surface area is 86.3 Å². The second kappa shape index (κ2) is 7.27. The standard InChI is InChI=1S/C10H13NO.C2H6/c1-8(12)10-6-4-3-5-9(10)7-11-2;1-2/h3-6,11H,7H2,1-2H3;1-2H3. The van der Waals surface area contributed by atoms with Gasteiger partial charge in [-0.1, -0.05) is 38.1 Å². The van der Waals surface area contributed by atoms with Gasteiger partial charge in [0.15, 0.2) is 5.78 Å². The van der Waals surface area contributed by atoms with E-state index in [1.165, 1.54) is 0 Å². The van der Waals surface area contributed by atoms with Gasteiger partial charge in [0, 0.05) is 12.1 Å². The third-order valence-electron chi connectivity index (χ3n) is 1.76. The lowest BCUT2D eigenvalue weighted by atomic mass is 10.0. The molecule has 0 unspecified atom stereocenters. The molecule has 0 amide bonds. The molecule has 0 radical (unpaired) electrons. The molecule has 14 heavy (non-hydrogen) atoms. The molecular weight excluding hydrogens is 174 g/mol. The lowest BCUT2D eigenvalue weighted by Gasteiger charge is -2.04. The van der Waals surface area contributed by atoms with Crippen molar-refractivity contribution in [3.8, 4) is 0 Å². The Morgan fingerprint density at radius 1 is 1.29 bits per heavy atom. The third-order valence-corrected chi connectivity index (χ3v) is 1.76. The van der Waals surface area contributed by atoms with Crippen LogP contribution in [0.5, 0.6) is 0 Å². The first kappa shape index (κ1) is 12.8. The van der Waals surface area contributed by atoms with Crippen molar-refractivity contribution >= 4 is 5.78 Å². The van der Waals surface area contributed by atoms with Gasteiger partial charge in [0.05, 0.1) is 0 Å². The van der Waals surface area contributed by atoms with Crippen molar-refractivity contribution in [1.29, 1.82) is 0 Å². The molecule has 0 aliphatic heterocycles. The summed E-state index contributed by atoms with van der Waals surface area (Å²) in [6, 6.07) is 7.65. The molecule has 1 rings (SSSR count). The van der Waals surface area contributed by atoms with Gasteiger partial charge in [-0.2, -0.15) is 0 Å². The van der Waals surface area contributed by atoms with Crippen molar-refractivity contribution in [2.24, 2.45) is 0 Å². The molecule has 0 saturated carbocycles. The maximum Gasteiger partial charge on any atom is 0.160 e. The average molecular weight is 193 g/mol. The van der Waals surface area contributed by atoms with E-state index < -0.39 is 0 Å². The number of Topliss-reactive ketones (excluding diaryl/α,β-unsaturated/α-hetero) is 1. The number of hydrogen-bond acceptors (Lipinski definition) is 2. The topological polar surface area (TPSA) is 29.1 Å². The molecule has 0 heterocycles. The van der Waals surface area contributed by atoms with Crippen LogP contribution in [0.2, 0.25) is 0 Å². The first-order chi connectivity index (χ1) is 6.75. The zero-order valence-electron chi connectivity index (χ0n) is 9.42. The van der Waals surface area contributed by atoms with E-state index in [9.17, 15) is 4.79 Å². The molecule has 1 aromatic carbocycles. The van der Waals surface area contributed by atoms with Crippen molar-refractivity contribution in [2.75, 3.05) is 7.05 Å². The monoisotopic (exact) mass is 193 g/mol. The highest BCUT2D eigenvalue weighted by atomic mass is 16.1. The Bertz CT molecular complexity index is 281. The summed E-state index contributed by atoms with van der Waals surface area (Å²) in [6.45, 7) is 6.34. The van der Waals surface area contributed by atoms with Crippen LogP contribution in [-0.4, -0.2) is 12.8 Å². The summed E-state index contributed by atoms with van der Waals surface area (Å²) in [4.78, 5) is 11.1. The lowest BCUT2D eigenvalue weighted by molar-refractivity contribution is 0.101. The van der Waals surface area contributed by atoms with Gasteiger partial charge >= 0.3 is 0 Å². The van der Waals surface area contributed by atoms with Gasteiger partial charge in [0.2, 0.25) is 0 Å². The van der Waals surface area contributed by atoms with Crippen LogP contribution in [0.3, 0.4) is 0 Å². The minimum atomic E-state index is 0.126. The molecule has 78 valence electrons. The molecule has 0 aromatic heterocycles. The fraction of sp³-hybridized carbons (Fsp3) is 0.417. The van der Waals surface area contributed by atoms with Crippen molar-refractivity contribution in [1.82, 2.24) is 5.32 Å². The molecule has 0 fully saturated rings. The lowest BCUT2D eigenvalue weighted by Crippen LogP contribution is -2.09. The molecule has 0 spiro atoms. The van der Waals surface area contributed by atoms with Gasteiger partial charge in [-0.05, 0) is 19.5 Å². The van der Waals surface area contributed by atoms with Crippen LogP contribution in [0.1, 0.15) is 36.7 Å². The quantitative estimate of drug-likeness (QED) is 0.748. The number of benzene rings is 1. The van der Waals surface area contributed by atoms with Crippen LogP contribution in [-0.2, 0) is 6.54 Å². The summed E-state index contributed by atoms with van der Waals surface area (Å²) in [5.41, 5.74) is 1.87. The number of nitrogens with one attached hydrogen (secondary N) is 1. The van der Waals surface area contributed by atoms with Gasteiger partial charge in [0.25, 0.3) is 0 Å². The van der Waals surface area contributed by atoms with Gasteiger partial charge in [0.1, 0.15) is 0 Å². The summed E-state index contributed by atoms with van der Waals surface area (Å²) in [7, 11) is 1.87. The predicted octanol–water partition coefficient (Wildman–Crippen LogP) is 2.63. The highest BCUT2D eigenvalue weighted by molar-refractivity contribution is 5.95. The Kier molecular flexibility index (Phi) is 6.68.